The Kier molecular flexibility index (Phi) is 70.3. The molecule has 2 aromatic carbocycles. The Labute approximate surface area is 1040 Å². The second kappa shape index (κ2) is 69.9. The number of fused-ring (bicyclic) bond motifs is 1. The van der Waals surface area contributed by atoms with E-state index in [9.17, 15) is 183 Å². The van der Waals surface area contributed by atoms with Gasteiger partial charge in [0, 0.05) is 119 Å². The molecule has 8 rings (SSSR count). The van der Waals surface area contributed by atoms with Crippen molar-refractivity contribution in [2.45, 2.75) is 234 Å². The summed E-state index contributed by atoms with van der Waals surface area (Å²) in [7, 11) is -33.0. The van der Waals surface area contributed by atoms with Gasteiger partial charge in [-0.15, -0.1) is 0 Å². The zero-order valence-electron chi connectivity index (χ0n) is 81.9. The first-order valence-corrected chi connectivity index (χ1v) is 51.4. The molecular formula is C71H105N11Na8O53S7. The van der Waals surface area contributed by atoms with Crippen LogP contribution in [0.25, 0.3) is 0 Å². The summed E-state index contributed by atoms with van der Waals surface area (Å²) in [5.74, 6) is -6.16. The van der Waals surface area contributed by atoms with Gasteiger partial charge in [0.25, 0.3) is 0 Å². The Morgan fingerprint density at radius 2 is 0.840 bits per heavy atom. The minimum absolute atomic E-state index is 0. The summed E-state index contributed by atoms with van der Waals surface area (Å²) < 4.78 is 282. The number of benzene rings is 2. The summed E-state index contributed by atoms with van der Waals surface area (Å²) >= 11 is 1.73. The number of anilines is 4. The molecule has 79 heteroatoms. The van der Waals surface area contributed by atoms with Gasteiger partial charge in [-0.1, -0.05) is 18.6 Å². The maximum Gasteiger partial charge on any atom is 1.00 e. The van der Waals surface area contributed by atoms with Crippen molar-refractivity contribution in [3.8, 4) is 0 Å². The van der Waals surface area contributed by atoms with E-state index in [0.717, 1.165) is 26.4 Å². The van der Waals surface area contributed by atoms with Gasteiger partial charge in [-0.2, -0.15) is 11.8 Å². The molecule has 6 amide bonds. The molecule has 0 spiro atoms. The van der Waals surface area contributed by atoms with E-state index in [0.29, 0.717) is 12.8 Å². The minimum Gasteiger partial charge on any atom is -0.735 e. The molecular weight excluding hydrogens is 2260 g/mol. The molecule has 0 aromatic heterocycles. The molecule has 6 heterocycles. The van der Waals surface area contributed by atoms with E-state index in [1.807, 2.05) is 0 Å². The number of carboxylic acid groups (broad SMARTS) is 2. The molecule has 22 N–H and O–H groups in total. The van der Waals surface area contributed by atoms with E-state index in [2.05, 4.69) is 59.3 Å². The molecule has 812 valence electrons. The quantitative estimate of drug-likeness (QED) is 0.00961. The summed E-state index contributed by atoms with van der Waals surface area (Å²) in [6, 6.07) is 6.04. The molecule has 6 aliphatic heterocycles. The molecule has 6 aliphatic rings. The van der Waals surface area contributed by atoms with Crippen LogP contribution in [-0.2, 0) is 155 Å². The van der Waals surface area contributed by atoms with Crippen molar-refractivity contribution in [2.24, 2.45) is 0 Å². The fraction of sp³-hybridized carbons (Fsp3) is 0.732. The molecule has 2 aromatic rings. The van der Waals surface area contributed by atoms with Gasteiger partial charge in [0.1, 0.15) is 122 Å². The number of hydrogen-bond donors (Lipinski definition) is 22. The summed E-state index contributed by atoms with van der Waals surface area (Å²) in [6.45, 7) is -7.18. The molecule has 6 fully saturated rings. The zero-order valence-corrected chi connectivity index (χ0v) is 104. The molecule has 6 saturated heterocycles. The van der Waals surface area contributed by atoms with E-state index in [-0.39, 0.29) is 347 Å². The van der Waals surface area contributed by atoms with Crippen LogP contribution in [0, 0.1) is 0 Å². The Morgan fingerprint density at radius 1 is 0.460 bits per heavy atom. The molecule has 13 unspecified atom stereocenters. The zero-order chi connectivity index (χ0) is 106. The first kappa shape index (κ1) is 151. The standard InChI is InChI=1S/C71H113N11O53S7.8Na/c1-122-57-39(27-126-139(110,111)112)128-67(47(53(57)95)80-137(104,105)106)130-59-55(97)61(134-141(116,117)118)69(132-63(59)65(99)100)124-25-37(85)51(93)49(91)35(83)23-74-30-7-5-9-32(21-30)76-44(89)14-18-82(20-17-73-43(88)13-16-72-42(87)12-4-3-11-41-46-34(29-136-41)78-71(103)79-46)19-15-45(90)77-33-10-6-8-31(22-33)75-24-36(84)50(92)52(94)38(86)26-125-70-62(135-142(119,120)121)56(98)60(64(133-70)66(101)102)131-68-48(81-138(107,108)109)54(96)58(123-2)40(129-68)28-127-140(113,114)115;;;;;;;;/h5-10,21-22,34-41,46-64,67-70,74-75,80-81,83-86,91-98H,3-4,11-20,23-29H2,1-2H3,(H,72,87)(H,73,88)(H,76,89)(H,77,90)(H,99,100)(H,101,102)(H2,78,79,103)(H,104,105,106)(H,107,108,109)(H,110,111,112)(H,113,114,115)(H,116,117,118)(H,119,120,121);;;;;;;;/q;8*+1/p-8/t34-,35?,36?,37?,38?,39?,40?,41?,46-,47?,48?,49+,50+,51-,52-,53+,54+,55-,56-,57+,58+,59-,60+,61?,62?,63?,64?,67+,68-,69-,70-;;;;;;;;/m1......../s1. The number of unbranched alkanes of at least 4 members (excludes halogenated alkanes) is 1. The number of hydrogen-bond acceptors (Lipinski definition) is 57. The van der Waals surface area contributed by atoms with Crippen molar-refractivity contribution < 1.29 is 483 Å². The number of nitrogens with zero attached hydrogens (tertiary/aromatic N) is 1. The third kappa shape index (κ3) is 50.1. The average molecular weight is 2370 g/mol. The third-order valence-electron chi connectivity index (χ3n) is 22.0. The molecule has 0 aliphatic carbocycles. The van der Waals surface area contributed by atoms with Crippen LogP contribution in [0.5, 0.6) is 0 Å². The van der Waals surface area contributed by atoms with Crippen molar-refractivity contribution in [1.82, 2.24) is 35.6 Å². The van der Waals surface area contributed by atoms with Crippen molar-refractivity contribution in [3.63, 3.8) is 0 Å². The van der Waals surface area contributed by atoms with Gasteiger partial charge < -0.3 is 203 Å². The summed E-state index contributed by atoms with van der Waals surface area (Å²) in [6.07, 6.45) is -62.9. The van der Waals surface area contributed by atoms with Gasteiger partial charge >= 0.3 is 242 Å². The number of nitrogens with one attached hydrogen (secondary N) is 10. The normalized spacial score (nSPS) is 28.0. The van der Waals surface area contributed by atoms with Crippen LogP contribution in [0.15, 0.2) is 48.5 Å². The number of urea groups is 1. The van der Waals surface area contributed by atoms with Gasteiger partial charge in [0.05, 0.1) is 62.7 Å². The smallest absolute Gasteiger partial charge is 0.735 e. The van der Waals surface area contributed by atoms with Crippen LogP contribution in [0.3, 0.4) is 0 Å². The average Bonchev–Trinajstić information content (AvgIpc) is 0.846. The SMILES string of the molecule is CO[C@H]1C(COS(=O)(=O)[O-])O[C@H](O[C@@H]2C(C(=O)[O-])O[C@@H](OCC(O)[C@@H](O)[C@@H](O)C(O)CNc3cccc(NC(=O)CCN(CCNC(=O)CCNC(=O)CCCCC4SC[C@H]5NC(=O)N[C@@H]45)CCC(=O)Nc4cccc(NCC(O)[C@H](O)[C@H](O)C(O)CO[C@@H]5OC(C(=O)[O-])[C@H](O[C@@H]6OC(COS(=O)(=O)[O-])[C@H](OC)[C@@H](O)C6NS(=O)(=O)[O-])[C@@H](O)C5OS(=O)(=O)[O-])c4)c3)C(OS(=O)(=O)[O-])[C@@H]2O)C(NS(=O)(=O)[O-])[C@@H]1O.[Na+].[Na+].[Na+].[Na+].[Na+].[Na+].[Na+].[Na+]. The van der Waals surface area contributed by atoms with Crippen LogP contribution in [0.1, 0.15) is 44.9 Å². The van der Waals surface area contributed by atoms with Crippen LogP contribution >= 0.6 is 11.8 Å². The van der Waals surface area contributed by atoms with Crippen molar-refractivity contribution in [2.75, 3.05) is 113 Å². The second-order valence-corrected chi connectivity index (χ2v) is 39.9. The van der Waals surface area contributed by atoms with E-state index in [1.165, 1.54) is 58.0 Å². The summed E-state index contributed by atoms with van der Waals surface area (Å²) in [4.78, 5) is 91.6. The van der Waals surface area contributed by atoms with E-state index < -0.39 is 303 Å². The Hall–Kier alpha value is 0.780. The fourth-order valence-corrected chi connectivity index (χ4v) is 19.5. The van der Waals surface area contributed by atoms with Crippen LogP contribution in [-0.4, -0.2) is 467 Å². The monoisotopic (exact) mass is 2370 g/mol. The maximum atomic E-state index is 13.7. The number of carbonyl (C=O) groups excluding carboxylic acids is 7. The minimum atomic E-state index is -6.06. The largest absolute Gasteiger partial charge is 1.00 e. The predicted molar refractivity (Wildman–Crippen MR) is 451 cm³/mol. The first-order valence-electron chi connectivity index (χ1n) is 42.2. The predicted octanol–water partition coefficient (Wildman–Crippen LogP) is -41.4. The molecule has 150 heavy (non-hydrogen) atoms. The Bertz CT molecular complexity index is 5010. The topological polar surface area (TPSA) is 1000 Å². The number of methoxy groups -OCH3 is 2. The van der Waals surface area contributed by atoms with Gasteiger partial charge in [-0.05, 0) is 49.2 Å². The summed E-state index contributed by atoms with van der Waals surface area (Å²) in [5.41, 5.74) is 0.447. The summed E-state index contributed by atoms with van der Waals surface area (Å²) in [5, 5.41) is 180. The van der Waals surface area contributed by atoms with Gasteiger partial charge in [-0.25, -0.2) is 64.7 Å². The number of ether oxygens (including phenoxy) is 10. The fourth-order valence-electron chi connectivity index (χ4n) is 15.2. The van der Waals surface area contributed by atoms with Crippen LogP contribution in [0.4, 0.5) is 27.5 Å². The second-order valence-electron chi connectivity index (χ2n) is 32.2. The maximum absolute atomic E-state index is 13.7. The number of aliphatic hydroxyl groups excluding tert-OH is 12. The number of rotatable bonds is 59. The van der Waals surface area contributed by atoms with Crippen molar-refractivity contribution in [1.29, 1.82) is 0 Å². The number of aliphatic carboxylic acids is 2. The Balaban J connectivity index is 0.0000278. The van der Waals surface area contributed by atoms with Gasteiger partial charge in [-0.3, -0.25) is 35.9 Å². The number of carboxylic acids is 2. The molecule has 0 bridgehead atoms. The van der Waals surface area contributed by atoms with Crippen molar-refractivity contribution >= 4 is 138 Å². The third-order valence-corrected chi connectivity index (χ3v) is 26.4. The number of aliphatic hydroxyl groups is 12. The van der Waals surface area contributed by atoms with E-state index >= 15 is 0 Å². The Morgan fingerprint density at radius 3 is 1.21 bits per heavy atom. The molecule has 0 radical (unpaired) electrons. The molecule has 31 atom stereocenters. The number of thioether (sulfide) groups is 1. The first-order chi connectivity index (χ1) is 66.2. The number of carbonyl (C=O) groups is 7. The molecule has 64 nitrogen and oxygen atoms in total. The van der Waals surface area contributed by atoms with Crippen molar-refractivity contribution in [3.05, 3.63) is 48.5 Å². The van der Waals surface area contributed by atoms with Crippen LogP contribution < -0.4 is 299 Å². The van der Waals surface area contributed by atoms with Gasteiger partial charge in [0.2, 0.25) is 65.2 Å². The van der Waals surface area contributed by atoms with E-state index in [4.69, 9.17) is 47.4 Å². The number of amides is 6. The van der Waals surface area contributed by atoms with Crippen LogP contribution in [0.2, 0.25) is 0 Å². The van der Waals surface area contributed by atoms with E-state index in [1.54, 1.807) is 16.7 Å². The molecule has 0 saturated carbocycles. The van der Waals surface area contributed by atoms with Gasteiger partial charge in [0.15, 0.2) is 58.0 Å².